The molecule has 1 N–H and O–H groups in total. The SMILES string of the molecule is Fc1cccc(F)c1-n1c(-c2cccc(Cl)c2)n[nH]c1=S. The van der Waals surface area contributed by atoms with E-state index < -0.39 is 11.6 Å². The van der Waals surface area contributed by atoms with Crippen molar-refractivity contribution in [2.24, 2.45) is 0 Å². The maximum absolute atomic E-state index is 14.0. The van der Waals surface area contributed by atoms with Crippen LogP contribution < -0.4 is 0 Å². The zero-order chi connectivity index (χ0) is 15.0. The van der Waals surface area contributed by atoms with Crippen LogP contribution in [0.4, 0.5) is 8.78 Å². The Labute approximate surface area is 128 Å². The van der Waals surface area contributed by atoms with Crippen molar-refractivity contribution >= 4 is 23.8 Å². The van der Waals surface area contributed by atoms with E-state index in [9.17, 15) is 8.78 Å². The number of halogens is 3. The molecule has 3 nitrogen and oxygen atoms in total. The Kier molecular flexibility index (Phi) is 3.57. The van der Waals surface area contributed by atoms with Crippen LogP contribution in [0, 0.1) is 16.4 Å². The van der Waals surface area contributed by atoms with Crippen molar-refractivity contribution in [3.05, 3.63) is 63.9 Å². The summed E-state index contributed by atoms with van der Waals surface area (Å²) in [6, 6.07) is 10.4. The lowest BCUT2D eigenvalue weighted by atomic mass is 10.2. The Bertz CT molecular complexity index is 852. The number of aromatic nitrogens is 3. The molecule has 0 saturated heterocycles. The van der Waals surface area contributed by atoms with Crippen LogP contribution >= 0.6 is 23.8 Å². The Balaban J connectivity index is 2.30. The third kappa shape index (κ3) is 2.48. The van der Waals surface area contributed by atoms with Gasteiger partial charge in [0.15, 0.2) is 10.6 Å². The van der Waals surface area contributed by atoms with Gasteiger partial charge in [0.1, 0.15) is 17.3 Å². The number of hydrogen-bond donors (Lipinski definition) is 1. The molecule has 106 valence electrons. The van der Waals surface area contributed by atoms with E-state index in [4.69, 9.17) is 23.8 Å². The van der Waals surface area contributed by atoms with Gasteiger partial charge < -0.3 is 0 Å². The first kappa shape index (κ1) is 13.9. The van der Waals surface area contributed by atoms with Gasteiger partial charge in [0.2, 0.25) is 0 Å². The number of nitrogens with zero attached hydrogens (tertiary/aromatic N) is 2. The summed E-state index contributed by atoms with van der Waals surface area (Å²) in [4.78, 5) is 0. The van der Waals surface area contributed by atoms with E-state index in [1.165, 1.54) is 10.6 Å². The van der Waals surface area contributed by atoms with E-state index in [2.05, 4.69) is 10.2 Å². The fraction of sp³-hybridized carbons (Fsp3) is 0. The van der Waals surface area contributed by atoms with E-state index in [1.54, 1.807) is 24.3 Å². The number of para-hydroxylation sites is 1. The number of hydrogen-bond acceptors (Lipinski definition) is 2. The van der Waals surface area contributed by atoms with E-state index in [0.717, 1.165) is 12.1 Å². The number of aromatic amines is 1. The Morgan fingerprint density at radius 3 is 2.43 bits per heavy atom. The highest BCUT2D eigenvalue weighted by Gasteiger charge is 2.17. The first-order valence-corrected chi connectivity index (χ1v) is 6.74. The van der Waals surface area contributed by atoms with Crippen LogP contribution in [0.2, 0.25) is 5.02 Å². The lowest BCUT2D eigenvalue weighted by molar-refractivity contribution is 0.569. The van der Waals surface area contributed by atoms with Crippen molar-refractivity contribution in [2.45, 2.75) is 0 Å². The standard InChI is InChI=1S/C14H8ClF2N3S/c15-9-4-1-3-8(7-9)13-18-19-14(21)20(13)12-10(16)5-2-6-11(12)17/h1-7H,(H,19,21). The second-order valence-electron chi connectivity index (χ2n) is 4.27. The van der Waals surface area contributed by atoms with Crippen molar-refractivity contribution in [1.29, 1.82) is 0 Å². The molecule has 0 saturated carbocycles. The van der Waals surface area contributed by atoms with E-state index in [1.807, 2.05) is 0 Å². The maximum Gasteiger partial charge on any atom is 0.200 e. The molecule has 1 heterocycles. The summed E-state index contributed by atoms with van der Waals surface area (Å²) < 4.78 is 29.3. The maximum atomic E-state index is 14.0. The van der Waals surface area contributed by atoms with Gasteiger partial charge in [-0.15, -0.1) is 0 Å². The molecule has 0 radical (unpaired) electrons. The van der Waals surface area contributed by atoms with E-state index in [0.29, 0.717) is 10.6 Å². The van der Waals surface area contributed by atoms with Crippen molar-refractivity contribution in [3.63, 3.8) is 0 Å². The minimum Gasteiger partial charge on any atom is -0.262 e. The monoisotopic (exact) mass is 323 g/mol. The number of nitrogens with one attached hydrogen (secondary N) is 1. The summed E-state index contributed by atoms with van der Waals surface area (Å²) in [7, 11) is 0. The second kappa shape index (κ2) is 5.38. The van der Waals surface area contributed by atoms with Gasteiger partial charge >= 0.3 is 0 Å². The molecule has 1 aromatic heterocycles. The molecule has 2 aromatic carbocycles. The van der Waals surface area contributed by atoms with Crippen molar-refractivity contribution in [2.75, 3.05) is 0 Å². The quantitative estimate of drug-likeness (QED) is 0.703. The van der Waals surface area contributed by atoms with Crippen LogP contribution in [0.25, 0.3) is 17.1 Å². The zero-order valence-corrected chi connectivity index (χ0v) is 12.1. The number of H-pyrrole nitrogens is 1. The van der Waals surface area contributed by atoms with Gasteiger partial charge in [0, 0.05) is 10.6 Å². The molecular weight excluding hydrogens is 316 g/mol. The molecule has 0 bridgehead atoms. The summed E-state index contributed by atoms with van der Waals surface area (Å²) in [5.41, 5.74) is 0.323. The van der Waals surface area contributed by atoms with Crippen LogP contribution in [0.15, 0.2) is 42.5 Å². The van der Waals surface area contributed by atoms with Crippen molar-refractivity contribution < 1.29 is 8.78 Å². The van der Waals surface area contributed by atoms with Gasteiger partial charge in [-0.1, -0.05) is 29.8 Å². The molecule has 0 aliphatic heterocycles. The fourth-order valence-electron chi connectivity index (χ4n) is 2.03. The first-order chi connectivity index (χ1) is 10.1. The minimum absolute atomic E-state index is 0.0916. The Morgan fingerprint density at radius 1 is 1.10 bits per heavy atom. The van der Waals surface area contributed by atoms with E-state index >= 15 is 0 Å². The fourth-order valence-corrected chi connectivity index (χ4v) is 2.44. The van der Waals surface area contributed by atoms with Crippen molar-refractivity contribution in [1.82, 2.24) is 14.8 Å². The van der Waals surface area contributed by atoms with Crippen molar-refractivity contribution in [3.8, 4) is 17.1 Å². The predicted octanol–water partition coefficient (Wildman–Crippen LogP) is 4.53. The van der Waals surface area contributed by atoms with Crippen LogP contribution in [0.5, 0.6) is 0 Å². The predicted molar refractivity (Wildman–Crippen MR) is 79.1 cm³/mol. The molecule has 0 unspecified atom stereocenters. The van der Waals surface area contributed by atoms with Gasteiger partial charge in [-0.2, -0.15) is 5.10 Å². The summed E-state index contributed by atoms with van der Waals surface area (Å²) in [5, 5.41) is 7.07. The topological polar surface area (TPSA) is 33.6 Å². The highest BCUT2D eigenvalue weighted by atomic mass is 35.5. The van der Waals surface area contributed by atoms with Gasteiger partial charge in [-0.25, -0.2) is 8.78 Å². The molecule has 0 amide bonds. The molecule has 0 atom stereocenters. The molecule has 0 aliphatic carbocycles. The first-order valence-electron chi connectivity index (χ1n) is 5.95. The molecule has 3 aromatic rings. The van der Waals surface area contributed by atoms with Gasteiger partial charge in [-0.05, 0) is 36.5 Å². The molecule has 0 fully saturated rings. The zero-order valence-electron chi connectivity index (χ0n) is 10.5. The van der Waals surface area contributed by atoms with Crippen LogP contribution in [0.1, 0.15) is 0 Å². The lowest BCUT2D eigenvalue weighted by Gasteiger charge is -2.09. The Morgan fingerprint density at radius 2 is 1.76 bits per heavy atom. The van der Waals surface area contributed by atoms with Gasteiger partial charge in [-0.3, -0.25) is 9.67 Å². The average molecular weight is 324 g/mol. The molecule has 21 heavy (non-hydrogen) atoms. The summed E-state index contributed by atoms with van der Waals surface area (Å²) >= 11 is 11.0. The number of rotatable bonds is 2. The van der Waals surface area contributed by atoms with Crippen LogP contribution in [0.3, 0.4) is 0 Å². The molecule has 0 aliphatic rings. The van der Waals surface area contributed by atoms with Crippen LogP contribution in [-0.2, 0) is 0 Å². The normalized spacial score (nSPS) is 10.8. The van der Waals surface area contributed by atoms with Gasteiger partial charge in [0.25, 0.3) is 0 Å². The van der Waals surface area contributed by atoms with E-state index in [-0.39, 0.29) is 16.3 Å². The summed E-state index contributed by atoms with van der Waals surface area (Å²) in [6.45, 7) is 0. The summed E-state index contributed by atoms with van der Waals surface area (Å²) in [5.74, 6) is -1.17. The third-order valence-corrected chi connectivity index (χ3v) is 3.43. The summed E-state index contributed by atoms with van der Waals surface area (Å²) in [6.07, 6.45) is 0. The molecular formula is C14H8ClF2N3S. The number of benzene rings is 2. The largest absolute Gasteiger partial charge is 0.262 e. The Hall–Kier alpha value is -2.05. The highest BCUT2D eigenvalue weighted by molar-refractivity contribution is 7.71. The van der Waals surface area contributed by atoms with Crippen LogP contribution in [-0.4, -0.2) is 14.8 Å². The highest BCUT2D eigenvalue weighted by Crippen LogP contribution is 2.26. The minimum atomic E-state index is -0.726. The third-order valence-electron chi connectivity index (χ3n) is 2.92. The lowest BCUT2D eigenvalue weighted by Crippen LogP contribution is -2.03. The molecule has 0 spiro atoms. The average Bonchev–Trinajstić information content (AvgIpc) is 2.81. The smallest absolute Gasteiger partial charge is 0.200 e. The van der Waals surface area contributed by atoms with Gasteiger partial charge in [0.05, 0.1) is 0 Å². The molecule has 7 heteroatoms. The second-order valence-corrected chi connectivity index (χ2v) is 5.09. The molecule has 3 rings (SSSR count).